The van der Waals surface area contributed by atoms with E-state index < -0.39 is 0 Å². The van der Waals surface area contributed by atoms with Crippen molar-refractivity contribution >= 4 is 74.9 Å². The van der Waals surface area contributed by atoms with Crippen LogP contribution in [0, 0.1) is 0 Å². The number of carbonyl (C=O) groups excluding carboxylic acids is 1. The molecule has 0 atom stereocenters. The third-order valence-electron chi connectivity index (χ3n) is 2.12. The molecule has 0 bridgehead atoms. The fraction of sp³-hybridized carbons (Fsp3) is 0.364. The van der Waals surface area contributed by atoms with Gasteiger partial charge in [-0.3, -0.25) is 4.79 Å². The highest BCUT2D eigenvalue weighted by Gasteiger charge is 2.21. The zero-order valence-electron chi connectivity index (χ0n) is 9.33. The summed E-state index contributed by atoms with van der Waals surface area (Å²) >= 11 is 30.7. The Bertz CT molecular complexity index is 446. The Kier molecular flexibility index (Phi) is 6.95. The van der Waals surface area contributed by atoms with Gasteiger partial charge in [0.15, 0.2) is 5.12 Å². The number of hydrogen-bond acceptors (Lipinski definition) is 2. The van der Waals surface area contributed by atoms with Crippen molar-refractivity contribution in [2.24, 2.45) is 0 Å². The average Bonchev–Trinajstić information content (AvgIpc) is 2.36. The second kappa shape index (κ2) is 7.47. The summed E-state index contributed by atoms with van der Waals surface area (Å²) in [7, 11) is 0. The van der Waals surface area contributed by atoms with E-state index in [9.17, 15) is 4.79 Å². The van der Waals surface area contributed by atoms with E-state index in [-0.39, 0.29) is 30.2 Å². The summed E-state index contributed by atoms with van der Waals surface area (Å²) in [5.74, 6) is 0. The van der Waals surface area contributed by atoms with Crippen LogP contribution in [0.1, 0.15) is 26.2 Å². The van der Waals surface area contributed by atoms with Crippen molar-refractivity contribution in [3.63, 3.8) is 0 Å². The van der Waals surface area contributed by atoms with Crippen LogP contribution in [0.25, 0.3) is 0 Å². The first kappa shape index (κ1) is 16.7. The maximum atomic E-state index is 11.7. The quantitative estimate of drug-likeness (QED) is 0.332. The minimum Gasteiger partial charge on any atom is -0.287 e. The SMILES string of the molecule is CCCCC(=O)Sc1c(Cl)c(Cl)c(Cl)c(Cl)c1Cl. The highest BCUT2D eigenvalue weighted by atomic mass is 35.5. The zero-order valence-corrected chi connectivity index (χ0v) is 13.9. The summed E-state index contributed by atoms with van der Waals surface area (Å²) in [5, 5.41) is 0.600. The minimum absolute atomic E-state index is 0.0323. The van der Waals surface area contributed by atoms with Crippen LogP contribution in [0.5, 0.6) is 0 Å². The van der Waals surface area contributed by atoms with Crippen molar-refractivity contribution in [2.45, 2.75) is 31.1 Å². The van der Waals surface area contributed by atoms with Crippen molar-refractivity contribution in [3.05, 3.63) is 25.1 Å². The van der Waals surface area contributed by atoms with Crippen LogP contribution < -0.4 is 0 Å². The molecule has 100 valence electrons. The molecular formula is C11H9Cl5OS. The molecule has 0 spiro atoms. The van der Waals surface area contributed by atoms with E-state index in [0.29, 0.717) is 11.3 Å². The summed E-state index contributed by atoms with van der Waals surface area (Å²) in [6.45, 7) is 2.01. The van der Waals surface area contributed by atoms with Gasteiger partial charge in [0.25, 0.3) is 0 Å². The summed E-state index contributed by atoms with van der Waals surface area (Å²) in [5.41, 5.74) is 0. The normalized spacial score (nSPS) is 10.8. The number of halogens is 5. The van der Waals surface area contributed by atoms with E-state index in [0.717, 1.165) is 24.6 Å². The largest absolute Gasteiger partial charge is 0.287 e. The Labute approximate surface area is 135 Å². The standard InChI is InChI=1S/C11H9Cl5OS/c1-2-3-4-5(17)18-11-9(15)7(13)6(12)8(14)10(11)16/h2-4H2,1H3. The van der Waals surface area contributed by atoms with Crippen molar-refractivity contribution < 1.29 is 4.79 Å². The first-order valence-corrected chi connectivity index (χ1v) is 7.82. The third kappa shape index (κ3) is 3.84. The molecule has 0 saturated heterocycles. The molecule has 0 amide bonds. The predicted octanol–water partition coefficient (Wildman–Crippen LogP) is 6.76. The lowest BCUT2D eigenvalue weighted by atomic mass is 10.3. The van der Waals surface area contributed by atoms with Crippen LogP contribution in [0.2, 0.25) is 25.1 Å². The molecule has 1 aromatic rings. The van der Waals surface area contributed by atoms with Crippen LogP contribution in [0.4, 0.5) is 0 Å². The number of unbranched alkanes of at least 4 members (excludes halogenated alkanes) is 1. The molecule has 0 aliphatic rings. The Hall–Kier alpha value is 0.690. The lowest BCUT2D eigenvalue weighted by Gasteiger charge is -2.11. The fourth-order valence-corrected chi connectivity index (χ4v) is 3.50. The van der Waals surface area contributed by atoms with E-state index in [1.54, 1.807) is 0 Å². The van der Waals surface area contributed by atoms with Crippen molar-refractivity contribution in [1.29, 1.82) is 0 Å². The molecule has 7 heteroatoms. The lowest BCUT2D eigenvalue weighted by Crippen LogP contribution is -1.93. The molecule has 0 radical (unpaired) electrons. The van der Waals surface area contributed by atoms with Gasteiger partial charge in [0, 0.05) is 6.42 Å². The summed E-state index contributed by atoms with van der Waals surface area (Å²) in [6, 6.07) is 0. The summed E-state index contributed by atoms with van der Waals surface area (Å²) in [4.78, 5) is 12.1. The van der Waals surface area contributed by atoms with Gasteiger partial charge in [0.05, 0.1) is 30.0 Å². The van der Waals surface area contributed by atoms with Gasteiger partial charge in [-0.15, -0.1) is 0 Å². The maximum Gasteiger partial charge on any atom is 0.193 e. The fourth-order valence-electron chi connectivity index (χ4n) is 1.16. The van der Waals surface area contributed by atoms with E-state index in [1.807, 2.05) is 6.92 Å². The number of carbonyl (C=O) groups is 1. The first-order chi connectivity index (χ1) is 8.40. The molecule has 0 N–H and O–H groups in total. The van der Waals surface area contributed by atoms with Gasteiger partial charge in [-0.05, 0) is 18.2 Å². The molecule has 0 unspecified atom stereocenters. The van der Waals surface area contributed by atoms with Crippen LogP contribution in [-0.2, 0) is 4.79 Å². The highest BCUT2D eigenvalue weighted by Crippen LogP contribution is 2.48. The van der Waals surface area contributed by atoms with Gasteiger partial charge < -0.3 is 0 Å². The van der Waals surface area contributed by atoms with Crippen LogP contribution >= 0.6 is 69.8 Å². The predicted molar refractivity (Wildman–Crippen MR) is 81.9 cm³/mol. The van der Waals surface area contributed by atoms with Crippen molar-refractivity contribution in [1.82, 2.24) is 0 Å². The van der Waals surface area contributed by atoms with E-state index >= 15 is 0 Å². The third-order valence-corrected chi connectivity index (χ3v) is 5.66. The van der Waals surface area contributed by atoms with Crippen molar-refractivity contribution in [2.75, 3.05) is 0 Å². The molecule has 0 fully saturated rings. The molecule has 0 heterocycles. The Morgan fingerprint density at radius 3 is 1.83 bits per heavy atom. The molecule has 0 aliphatic heterocycles. The van der Waals surface area contributed by atoms with Gasteiger partial charge >= 0.3 is 0 Å². The summed E-state index contributed by atoms with van der Waals surface area (Å²) < 4.78 is 0. The number of hydrogen-bond donors (Lipinski definition) is 0. The molecule has 0 saturated carbocycles. The Morgan fingerprint density at radius 2 is 1.39 bits per heavy atom. The Balaban J connectivity index is 3.06. The minimum atomic E-state index is -0.0323. The van der Waals surface area contributed by atoms with Gasteiger partial charge in [-0.25, -0.2) is 0 Å². The van der Waals surface area contributed by atoms with Crippen molar-refractivity contribution in [3.8, 4) is 0 Å². The zero-order chi connectivity index (χ0) is 13.9. The first-order valence-electron chi connectivity index (χ1n) is 5.12. The topological polar surface area (TPSA) is 17.1 Å². The second-order valence-electron chi connectivity index (χ2n) is 3.48. The van der Waals surface area contributed by atoms with E-state index in [1.165, 1.54) is 0 Å². The van der Waals surface area contributed by atoms with Crippen LogP contribution in [-0.4, -0.2) is 5.12 Å². The van der Waals surface area contributed by atoms with Crippen LogP contribution in [0.3, 0.4) is 0 Å². The van der Waals surface area contributed by atoms with Gasteiger partial charge in [-0.2, -0.15) is 0 Å². The molecule has 18 heavy (non-hydrogen) atoms. The summed E-state index contributed by atoms with van der Waals surface area (Å²) in [6.07, 6.45) is 2.21. The van der Waals surface area contributed by atoms with E-state index in [4.69, 9.17) is 58.0 Å². The van der Waals surface area contributed by atoms with Gasteiger partial charge in [-0.1, -0.05) is 71.3 Å². The molecule has 0 aliphatic carbocycles. The lowest BCUT2D eigenvalue weighted by molar-refractivity contribution is -0.111. The monoisotopic (exact) mass is 364 g/mol. The molecule has 0 aromatic heterocycles. The smallest absolute Gasteiger partial charge is 0.193 e. The molecular weight excluding hydrogens is 357 g/mol. The number of benzene rings is 1. The molecule has 1 rings (SSSR count). The maximum absolute atomic E-state index is 11.7. The van der Waals surface area contributed by atoms with Gasteiger partial charge in [0.2, 0.25) is 0 Å². The average molecular weight is 367 g/mol. The van der Waals surface area contributed by atoms with E-state index in [2.05, 4.69) is 0 Å². The molecule has 1 aromatic carbocycles. The van der Waals surface area contributed by atoms with Gasteiger partial charge in [0.1, 0.15) is 0 Å². The Morgan fingerprint density at radius 1 is 0.944 bits per heavy atom. The van der Waals surface area contributed by atoms with Crippen LogP contribution in [0.15, 0.2) is 4.90 Å². The number of rotatable bonds is 4. The second-order valence-corrected chi connectivity index (χ2v) is 6.43. The highest BCUT2D eigenvalue weighted by molar-refractivity contribution is 8.13. The molecule has 1 nitrogen and oxygen atoms in total. The number of thioether (sulfide) groups is 1.